The molecule has 0 aliphatic carbocycles. The summed E-state index contributed by atoms with van der Waals surface area (Å²) in [5.74, 6) is 1.40. The Kier molecular flexibility index (Phi) is 5.29. The highest BCUT2D eigenvalue weighted by molar-refractivity contribution is 5.92. The summed E-state index contributed by atoms with van der Waals surface area (Å²) in [6, 6.07) is 23.4. The summed E-state index contributed by atoms with van der Waals surface area (Å²) < 4.78 is 7.86. The summed E-state index contributed by atoms with van der Waals surface area (Å²) in [6.07, 6.45) is 0. The molecule has 0 unspecified atom stereocenters. The molecule has 0 saturated carbocycles. The van der Waals surface area contributed by atoms with Crippen LogP contribution >= 0.6 is 0 Å². The highest BCUT2D eigenvalue weighted by Crippen LogP contribution is 2.20. The fourth-order valence-corrected chi connectivity index (χ4v) is 3.31. The van der Waals surface area contributed by atoms with Crippen LogP contribution in [0.3, 0.4) is 0 Å². The lowest BCUT2D eigenvalue weighted by atomic mass is 10.2. The van der Waals surface area contributed by atoms with Gasteiger partial charge in [0.25, 0.3) is 0 Å². The maximum Gasteiger partial charge on any atom is 0.244 e. The number of anilines is 1. The van der Waals surface area contributed by atoms with Crippen LogP contribution in [0.4, 0.5) is 5.69 Å². The van der Waals surface area contributed by atoms with Gasteiger partial charge in [0.15, 0.2) is 0 Å². The quantitative estimate of drug-likeness (QED) is 0.515. The largest absolute Gasteiger partial charge is 0.486 e. The maximum absolute atomic E-state index is 12.7. The smallest absolute Gasteiger partial charge is 0.244 e. The van der Waals surface area contributed by atoms with Gasteiger partial charge in [-0.3, -0.25) is 4.79 Å². The SMILES string of the molecule is Cc1cccc(OCc2nc3ccccc3n2CC(=O)Nc2ccccc2C)c1. The van der Waals surface area contributed by atoms with E-state index in [4.69, 9.17) is 4.74 Å². The van der Waals surface area contributed by atoms with Gasteiger partial charge in [0.05, 0.1) is 11.0 Å². The predicted molar refractivity (Wildman–Crippen MR) is 115 cm³/mol. The van der Waals surface area contributed by atoms with Crippen molar-refractivity contribution in [2.45, 2.75) is 27.0 Å². The third kappa shape index (κ3) is 4.29. The molecule has 1 heterocycles. The fraction of sp³-hybridized carbons (Fsp3) is 0.167. The van der Waals surface area contributed by atoms with Crippen LogP contribution < -0.4 is 10.1 Å². The van der Waals surface area contributed by atoms with Crippen LogP contribution in [0.15, 0.2) is 72.8 Å². The van der Waals surface area contributed by atoms with Crippen molar-refractivity contribution in [2.24, 2.45) is 0 Å². The van der Waals surface area contributed by atoms with Gasteiger partial charge < -0.3 is 14.6 Å². The Morgan fingerprint density at radius 1 is 1.00 bits per heavy atom. The van der Waals surface area contributed by atoms with Crippen molar-refractivity contribution in [3.05, 3.63) is 89.7 Å². The van der Waals surface area contributed by atoms with Crippen molar-refractivity contribution >= 4 is 22.6 Å². The second-order valence-electron chi connectivity index (χ2n) is 7.07. The molecule has 29 heavy (non-hydrogen) atoms. The molecule has 1 N–H and O–H groups in total. The maximum atomic E-state index is 12.7. The molecule has 0 atom stereocenters. The molecule has 4 rings (SSSR count). The molecule has 0 radical (unpaired) electrons. The molecule has 0 bridgehead atoms. The Balaban J connectivity index is 1.58. The number of carbonyl (C=O) groups excluding carboxylic acids is 1. The molecule has 146 valence electrons. The van der Waals surface area contributed by atoms with Crippen molar-refractivity contribution in [3.8, 4) is 5.75 Å². The molecular formula is C24H23N3O2. The van der Waals surface area contributed by atoms with Gasteiger partial charge in [-0.15, -0.1) is 0 Å². The van der Waals surface area contributed by atoms with E-state index in [1.54, 1.807) is 0 Å². The number of carbonyl (C=O) groups is 1. The Hall–Kier alpha value is -3.60. The van der Waals surface area contributed by atoms with Gasteiger partial charge in [-0.1, -0.05) is 42.5 Å². The number of nitrogens with zero attached hydrogens (tertiary/aromatic N) is 2. The first-order valence-corrected chi connectivity index (χ1v) is 9.59. The minimum Gasteiger partial charge on any atom is -0.486 e. The first-order valence-electron chi connectivity index (χ1n) is 9.59. The monoisotopic (exact) mass is 385 g/mol. The number of hydrogen-bond acceptors (Lipinski definition) is 3. The number of fused-ring (bicyclic) bond motifs is 1. The number of para-hydroxylation sites is 3. The van der Waals surface area contributed by atoms with Crippen molar-refractivity contribution in [1.29, 1.82) is 0 Å². The van der Waals surface area contributed by atoms with Crippen molar-refractivity contribution in [3.63, 3.8) is 0 Å². The molecular weight excluding hydrogens is 362 g/mol. The average molecular weight is 385 g/mol. The Morgan fingerprint density at radius 2 is 1.79 bits per heavy atom. The van der Waals surface area contributed by atoms with Gasteiger partial charge in [-0.05, 0) is 55.3 Å². The number of amides is 1. The van der Waals surface area contributed by atoms with Crippen LogP contribution in [0, 0.1) is 13.8 Å². The van der Waals surface area contributed by atoms with Crippen molar-refractivity contribution in [1.82, 2.24) is 9.55 Å². The molecule has 5 nitrogen and oxygen atoms in total. The molecule has 0 fully saturated rings. The number of aromatic nitrogens is 2. The number of hydrogen-bond donors (Lipinski definition) is 1. The molecule has 1 amide bonds. The second kappa shape index (κ2) is 8.19. The summed E-state index contributed by atoms with van der Waals surface area (Å²) in [6.45, 7) is 4.46. The van der Waals surface area contributed by atoms with E-state index in [0.717, 1.165) is 33.6 Å². The molecule has 5 heteroatoms. The van der Waals surface area contributed by atoms with E-state index in [1.807, 2.05) is 91.2 Å². The van der Waals surface area contributed by atoms with Gasteiger partial charge in [0.2, 0.25) is 5.91 Å². The topological polar surface area (TPSA) is 56.2 Å². The summed E-state index contributed by atoms with van der Waals surface area (Å²) in [7, 11) is 0. The van der Waals surface area contributed by atoms with Crippen LogP contribution in [0.2, 0.25) is 0 Å². The summed E-state index contributed by atoms with van der Waals surface area (Å²) in [5, 5.41) is 2.99. The minimum absolute atomic E-state index is 0.0979. The highest BCUT2D eigenvalue weighted by Gasteiger charge is 2.15. The molecule has 3 aromatic carbocycles. The van der Waals surface area contributed by atoms with E-state index in [1.165, 1.54) is 0 Å². The lowest BCUT2D eigenvalue weighted by molar-refractivity contribution is -0.116. The normalized spacial score (nSPS) is 10.8. The number of imidazole rings is 1. The van der Waals surface area contributed by atoms with E-state index in [2.05, 4.69) is 10.3 Å². The predicted octanol–water partition coefficient (Wildman–Crippen LogP) is 4.87. The fourth-order valence-electron chi connectivity index (χ4n) is 3.31. The van der Waals surface area contributed by atoms with Crippen LogP contribution in [-0.4, -0.2) is 15.5 Å². The van der Waals surface area contributed by atoms with E-state index >= 15 is 0 Å². The minimum atomic E-state index is -0.0979. The van der Waals surface area contributed by atoms with E-state index in [-0.39, 0.29) is 19.1 Å². The first kappa shape index (κ1) is 18.7. The molecule has 0 spiro atoms. The average Bonchev–Trinajstić information content (AvgIpc) is 3.06. The van der Waals surface area contributed by atoms with Crippen LogP contribution in [-0.2, 0) is 17.9 Å². The van der Waals surface area contributed by atoms with Crippen molar-refractivity contribution < 1.29 is 9.53 Å². The molecule has 0 saturated heterocycles. The zero-order valence-corrected chi connectivity index (χ0v) is 16.6. The number of aryl methyl sites for hydroxylation is 2. The molecule has 0 aliphatic heterocycles. The Labute approximate surface area is 170 Å². The van der Waals surface area contributed by atoms with Crippen LogP contribution in [0.25, 0.3) is 11.0 Å². The number of benzene rings is 3. The van der Waals surface area contributed by atoms with E-state index in [9.17, 15) is 4.79 Å². The third-order valence-electron chi connectivity index (χ3n) is 4.81. The lowest BCUT2D eigenvalue weighted by Gasteiger charge is -2.12. The summed E-state index contributed by atoms with van der Waals surface area (Å²) in [5.41, 5.74) is 4.74. The lowest BCUT2D eigenvalue weighted by Crippen LogP contribution is -2.21. The van der Waals surface area contributed by atoms with Gasteiger partial charge in [-0.2, -0.15) is 0 Å². The van der Waals surface area contributed by atoms with Gasteiger partial charge in [0.1, 0.15) is 24.7 Å². The molecule has 1 aromatic heterocycles. The highest BCUT2D eigenvalue weighted by atomic mass is 16.5. The first-order chi connectivity index (χ1) is 14.1. The molecule has 0 aliphatic rings. The second-order valence-corrected chi connectivity index (χ2v) is 7.07. The number of rotatable bonds is 6. The van der Waals surface area contributed by atoms with Gasteiger partial charge >= 0.3 is 0 Å². The number of nitrogens with one attached hydrogen (secondary N) is 1. The van der Waals surface area contributed by atoms with Crippen LogP contribution in [0.1, 0.15) is 17.0 Å². The van der Waals surface area contributed by atoms with Gasteiger partial charge in [0, 0.05) is 5.69 Å². The summed E-state index contributed by atoms with van der Waals surface area (Å²) in [4.78, 5) is 17.4. The van der Waals surface area contributed by atoms with E-state index < -0.39 is 0 Å². The zero-order valence-electron chi connectivity index (χ0n) is 16.6. The third-order valence-corrected chi connectivity index (χ3v) is 4.81. The van der Waals surface area contributed by atoms with Crippen LogP contribution in [0.5, 0.6) is 5.75 Å². The van der Waals surface area contributed by atoms with Gasteiger partial charge in [-0.25, -0.2) is 4.98 Å². The van der Waals surface area contributed by atoms with Crippen molar-refractivity contribution in [2.75, 3.05) is 5.32 Å². The summed E-state index contributed by atoms with van der Waals surface area (Å²) >= 11 is 0. The number of ether oxygens (including phenoxy) is 1. The standard InChI is InChI=1S/C24H23N3O2/c1-17-8-7-10-19(14-17)29-16-23-25-21-12-5-6-13-22(21)27(23)15-24(28)26-20-11-4-3-9-18(20)2/h3-14H,15-16H2,1-2H3,(H,26,28). The van der Waals surface area contributed by atoms with E-state index in [0.29, 0.717) is 5.82 Å². The Morgan fingerprint density at radius 3 is 2.62 bits per heavy atom. The molecule has 4 aromatic rings. The zero-order chi connectivity index (χ0) is 20.2. The Bertz CT molecular complexity index is 1160.